The number of nitrogens with two attached hydrogens (primary N) is 2. The Morgan fingerprint density at radius 3 is 1.61 bits per heavy atom. The topological polar surface area (TPSA) is 251 Å². The fourth-order valence-electron chi connectivity index (χ4n) is 10.8. The van der Waals surface area contributed by atoms with E-state index in [-0.39, 0.29) is 69.8 Å². The Bertz CT molecular complexity index is 3090. The van der Waals surface area contributed by atoms with Crippen molar-refractivity contribution in [3.05, 3.63) is 122 Å². The Morgan fingerprint density at radius 2 is 1.16 bits per heavy atom. The molecule has 6 aliphatic heterocycles. The van der Waals surface area contributed by atoms with Gasteiger partial charge in [-0.3, -0.25) is 19.4 Å². The van der Waals surface area contributed by atoms with Gasteiger partial charge >= 0.3 is 7.12 Å². The molecule has 10 rings (SSSR count). The summed E-state index contributed by atoms with van der Waals surface area (Å²) in [5.74, 6) is 2.02. The van der Waals surface area contributed by atoms with Crippen molar-refractivity contribution >= 4 is 63.6 Å². The fourth-order valence-corrected chi connectivity index (χ4v) is 11.2. The summed E-state index contributed by atoms with van der Waals surface area (Å²) in [5.41, 5.74) is 13.9. The number of carbonyl (C=O) groups is 2. The van der Waals surface area contributed by atoms with E-state index in [9.17, 15) is 14.9 Å². The van der Waals surface area contributed by atoms with Gasteiger partial charge in [0.25, 0.3) is 11.8 Å². The number of fused-ring (bicyclic) bond motifs is 4. The molecule has 74 heavy (non-hydrogen) atoms. The monoisotopic (exact) mass is 1060 g/mol. The molecule has 0 radical (unpaired) electrons. The van der Waals surface area contributed by atoms with Crippen LogP contribution >= 0.6 is 15.9 Å². The van der Waals surface area contributed by atoms with Crippen LogP contribution in [-0.4, -0.2) is 101 Å². The predicted molar refractivity (Wildman–Crippen MR) is 280 cm³/mol. The number of hydrogen-bond acceptors (Lipinski definition) is 14. The first kappa shape index (κ1) is 53.0. The van der Waals surface area contributed by atoms with Gasteiger partial charge in [0.15, 0.2) is 34.4 Å². The highest BCUT2D eigenvalue weighted by molar-refractivity contribution is 9.10. The lowest BCUT2D eigenvalue weighted by Crippen LogP contribution is -2.49. The maximum absolute atomic E-state index is 13.6. The molecule has 2 saturated heterocycles. The molecular weight excluding hydrogens is 1010 g/mol. The van der Waals surface area contributed by atoms with Crippen molar-refractivity contribution < 1.29 is 38.6 Å². The maximum Gasteiger partial charge on any atom is 0.487 e. The lowest BCUT2D eigenvalue weighted by molar-refractivity contribution is -0.135. The Hall–Kier alpha value is -7.30. The predicted octanol–water partition coefficient (Wildman–Crippen LogP) is 6.69. The Balaban J connectivity index is 0.000000164. The van der Waals surface area contributed by atoms with Crippen molar-refractivity contribution in [1.29, 1.82) is 10.5 Å². The highest BCUT2D eigenvalue weighted by atomic mass is 79.9. The highest BCUT2D eigenvalue weighted by Gasteiger charge is 2.57. The smallest absolute Gasteiger partial charge is 0.487 e. The van der Waals surface area contributed by atoms with Crippen LogP contribution in [-0.2, 0) is 30.1 Å². The van der Waals surface area contributed by atoms with E-state index in [1.807, 2.05) is 42.5 Å². The van der Waals surface area contributed by atoms with Crippen molar-refractivity contribution in [3.63, 3.8) is 0 Å². The summed E-state index contributed by atoms with van der Waals surface area (Å²) < 4.78 is 25.5. The molecule has 0 bridgehead atoms. The third kappa shape index (κ3) is 10.4. The molecule has 4 aromatic carbocycles. The van der Waals surface area contributed by atoms with Crippen LogP contribution in [0.4, 0.5) is 11.4 Å². The van der Waals surface area contributed by atoms with E-state index in [0.29, 0.717) is 60.3 Å². The number of halogens is 1. The molecule has 6 heterocycles. The second kappa shape index (κ2) is 20.5. The largest absolute Gasteiger partial charge is 0.490 e. The van der Waals surface area contributed by atoms with Gasteiger partial charge < -0.3 is 40.5 Å². The first-order valence-corrected chi connectivity index (χ1v) is 24.9. The minimum Gasteiger partial charge on any atom is -0.490 e. The first-order chi connectivity index (χ1) is 35.0. The summed E-state index contributed by atoms with van der Waals surface area (Å²) in [6.45, 7) is 23.8. The van der Waals surface area contributed by atoms with Gasteiger partial charge in [-0.1, -0.05) is 28.1 Å². The van der Waals surface area contributed by atoms with Crippen molar-refractivity contribution in [3.8, 4) is 34.8 Å². The van der Waals surface area contributed by atoms with Crippen LogP contribution in [0.3, 0.4) is 0 Å². The van der Waals surface area contributed by atoms with Crippen molar-refractivity contribution in [2.75, 3.05) is 27.3 Å². The third-order valence-corrected chi connectivity index (χ3v) is 15.0. The lowest BCUT2D eigenvalue weighted by Gasteiger charge is -2.44. The molecule has 0 aliphatic carbocycles. The molecule has 18 nitrogen and oxygen atoms in total. The maximum atomic E-state index is 13.6. The molecule has 0 saturated carbocycles. The summed E-state index contributed by atoms with van der Waals surface area (Å²) in [6.07, 6.45) is 4.06. The molecule has 2 spiro atoms. The number of carbonyl (C=O) groups excluding carboxylic acids is 2. The second-order valence-corrected chi connectivity index (χ2v) is 21.5. The third-order valence-electron chi connectivity index (χ3n) is 14.5. The molecule has 20 heteroatoms. The number of guanidine groups is 2. The number of likely N-dealkylation sites (N-methyl/N-ethyl adjacent to an activating group) is 2. The summed E-state index contributed by atoms with van der Waals surface area (Å²) in [5, 5.41) is 35.6. The van der Waals surface area contributed by atoms with Crippen LogP contribution in [0.2, 0.25) is 0 Å². The van der Waals surface area contributed by atoms with Crippen LogP contribution in [0, 0.1) is 47.6 Å². The van der Waals surface area contributed by atoms with Crippen molar-refractivity contribution in [2.45, 2.75) is 101 Å². The number of rotatable bonds is 4. The number of benzene rings is 4. The van der Waals surface area contributed by atoms with Gasteiger partial charge in [-0.2, -0.15) is 10.5 Å². The Kier molecular flexibility index (Phi) is 14.7. The zero-order valence-electron chi connectivity index (χ0n) is 41.9. The van der Waals surface area contributed by atoms with Crippen LogP contribution in [0.15, 0.2) is 87.3 Å². The van der Waals surface area contributed by atoms with Gasteiger partial charge in [-0.05, 0) is 131 Å². The quantitative estimate of drug-likeness (QED) is 0.123. The number of nitriles is 2. The standard InChI is InChI=1S/C27H27N5O3.C19H24BrN3O3.C8H5BN2O2/c1-26(2)13-18(7-8-34-26)23-14-27(24(33)32(4)25(29)31-27)21-12-17(5-6-22(21)35-23)19-9-16(15-28)10-20(11-19)30-3;1-18(2)9-11(6-7-25-18)15-10-19(16(24)23(3)17(21)22-19)13-8-12(20)4-5-14(13)26-15;1-11-8-3-6(5-10)2-7(4-8)9(12)13/h5-6,9-12,18,23H,7-8,13-14H2,1-2,4H3,(H2,29,31);4-5,8,11,15H,6-7,9-10H2,1-3H3,(H2,21,22);2-4,12-13H. The number of hydrogen-bond donors (Lipinski definition) is 4. The molecule has 380 valence electrons. The zero-order chi connectivity index (χ0) is 53.5. The minimum atomic E-state index is -1.64. The molecule has 6 unspecified atom stereocenters. The van der Waals surface area contributed by atoms with Crippen molar-refractivity contribution in [1.82, 2.24) is 9.80 Å². The molecule has 4 aromatic rings. The van der Waals surface area contributed by atoms with Gasteiger partial charge in [0.05, 0.1) is 36.5 Å². The van der Waals surface area contributed by atoms with Gasteiger partial charge in [0.1, 0.15) is 23.7 Å². The van der Waals surface area contributed by atoms with Crippen LogP contribution < -0.4 is 26.4 Å². The van der Waals surface area contributed by atoms with Crippen LogP contribution in [0.25, 0.3) is 20.8 Å². The lowest BCUT2D eigenvalue weighted by atomic mass is 9.74. The molecular formula is C54H56BBrN10O8. The summed E-state index contributed by atoms with van der Waals surface area (Å²) in [7, 11) is 1.67. The van der Waals surface area contributed by atoms with E-state index < -0.39 is 18.2 Å². The van der Waals surface area contributed by atoms with Crippen molar-refractivity contribution in [2.24, 2.45) is 33.3 Å². The van der Waals surface area contributed by atoms with E-state index in [0.717, 1.165) is 46.8 Å². The molecule has 6 aliphatic rings. The summed E-state index contributed by atoms with van der Waals surface area (Å²) >= 11 is 3.50. The van der Waals surface area contributed by atoms with Crippen LogP contribution in [0.5, 0.6) is 11.5 Å². The molecule has 6 atom stereocenters. The molecule has 6 N–H and O–H groups in total. The average molecular weight is 1060 g/mol. The van der Waals surface area contributed by atoms with E-state index >= 15 is 0 Å². The highest BCUT2D eigenvalue weighted by Crippen LogP contribution is 2.51. The van der Waals surface area contributed by atoms with Gasteiger partial charge in [0, 0.05) is 78.7 Å². The number of ether oxygens (including phenoxy) is 4. The fraction of sp³-hybridized carbons (Fsp3) is 0.407. The van der Waals surface area contributed by atoms with E-state index in [1.54, 1.807) is 32.3 Å². The molecule has 2 amide bonds. The number of amides is 2. The van der Waals surface area contributed by atoms with Gasteiger partial charge in [-0.25, -0.2) is 19.7 Å². The summed E-state index contributed by atoms with van der Waals surface area (Å²) in [4.78, 5) is 45.6. The Labute approximate surface area is 439 Å². The van der Waals surface area contributed by atoms with E-state index in [4.69, 9.17) is 63.9 Å². The molecule has 2 fully saturated rings. The Morgan fingerprint density at radius 1 is 0.689 bits per heavy atom. The van der Waals surface area contributed by atoms with Gasteiger partial charge in [0.2, 0.25) is 0 Å². The molecule has 0 aromatic heterocycles. The second-order valence-electron chi connectivity index (χ2n) is 20.6. The van der Waals surface area contributed by atoms with E-state index in [2.05, 4.69) is 64.4 Å². The number of nitrogens with zero attached hydrogens (tertiary/aromatic N) is 8. The SMILES string of the molecule is CN1C(=O)C2(CC(C3CCOC(C)(C)C3)Oc3ccc(Br)cc32)N=C1N.[C-]#[N+]c1cc(C#N)cc(-c2ccc3c(c2)C2(CC(C4CCOC(C)(C)C4)O3)N=C(N)N(C)C2=O)c1.[C-]#[N+]c1cc(C#N)cc(B(O)O)c1. The van der Waals surface area contributed by atoms with Crippen LogP contribution in [0.1, 0.15) is 88.5 Å². The summed E-state index contributed by atoms with van der Waals surface area (Å²) in [6, 6.07) is 24.4. The first-order valence-electron chi connectivity index (χ1n) is 24.1. The minimum absolute atomic E-state index is 0.0889. The normalized spacial score (nSPS) is 25.9. The zero-order valence-corrected chi connectivity index (χ0v) is 43.5. The average Bonchev–Trinajstić information content (AvgIpc) is 3.72. The number of aliphatic imine (C=N–C) groups is 2. The van der Waals surface area contributed by atoms with E-state index in [1.165, 1.54) is 28.0 Å². The van der Waals surface area contributed by atoms with Gasteiger partial charge in [-0.15, -0.1) is 0 Å².